The summed E-state index contributed by atoms with van der Waals surface area (Å²) in [5, 5.41) is 15.2. The average Bonchev–Trinajstić information content (AvgIpc) is 3.35. The quantitative estimate of drug-likeness (QED) is 0.453. The molecule has 3 aromatic heterocycles. The predicted molar refractivity (Wildman–Crippen MR) is 111 cm³/mol. The number of hydrogen-bond donors (Lipinski definition) is 2. The first-order chi connectivity index (χ1) is 12.6. The molecule has 0 aliphatic rings. The second kappa shape index (κ2) is 7.07. The molecule has 0 aliphatic carbocycles. The Morgan fingerprint density at radius 3 is 2.62 bits per heavy atom. The Kier molecular flexibility index (Phi) is 4.63. The Balaban J connectivity index is 1.66. The standard InChI is InChI=1S/C20H15NO2S3/c1-12-10-16-18(25-12)17(22)19(26-16)20(23)21-11-14(15-8-5-9-24-15)13-6-3-2-4-7-13/h2-11,22H,1H3,(H,21,23). The third kappa shape index (κ3) is 3.19. The Morgan fingerprint density at radius 1 is 1.12 bits per heavy atom. The zero-order chi connectivity index (χ0) is 18.1. The van der Waals surface area contributed by atoms with E-state index in [0.29, 0.717) is 4.88 Å². The molecule has 2 N–H and O–H groups in total. The smallest absolute Gasteiger partial charge is 0.269 e. The fourth-order valence-corrected chi connectivity index (χ4v) is 5.70. The van der Waals surface area contributed by atoms with E-state index in [1.165, 1.54) is 22.7 Å². The van der Waals surface area contributed by atoms with E-state index in [0.717, 1.165) is 30.3 Å². The summed E-state index contributed by atoms with van der Waals surface area (Å²) in [6.07, 6.45) is 1.72. The van der Waals surface area contributed by atoms with Crippen LogP contribution in [-0.4, -0.2) is 11.0 Å². The highest BCUT2D eigenvalue weighted by atomic mass is 32.1. The summed E-state index contributed by atoms with van der Waals surface area (Å²) in [6.45, 7) is 1.99. The van der Waals surface area contributed by atoms with Crippen LogP contribution in [0.1, 0.15) is 25.0 Å². The zero-order valence-electron chi connectivity index (χ0n) is 13.9. The number of hydrogen-bond acceptors (Lipinski definition) is 5. The molecule has 4 aromatic rings. The van der Waals surface area contributed by atoms with E-state index in [4.69, 9.17) is 0 Å². The van der Waals surface area contributed by atoms with Crippen molar-refractivity contribution >= 4 is 54.9 Å². The second-order valence-corrected chi connectivity index (χ2v) is 8.96. The first kappa shape index (κ1) is 17.0. The molecule has 6 heteroatoms. The van der Waals surface area contributed by atoms with Crippen LogP contribution in [-0.2, 0) is 0 Å². The van der Waals surface area contributed by atoms with Crippen molar-refractivity contribution < 1.29 is 9.90 Å². The highest BCUT2D eigenvalue weighted by Crippen LogP contribution is 2.42. The van der Waals surface area contributed by atoms with Gasteiger partial charge in [-0.25, -0.2) is 0 Å². The van der Waals surface area contributed by atoms with Gasteiger partial charge in [-0.15, -0.1) is 34.0 Å². The number of benzene rings is 1. The molecule has 26 heavy (non-hydrogen) atoms. The molecule has 0 atom stereocenters. The molecule has 3 heterocycles. The number of thiophene rings is 3. The molecule has 0 unspecified atom stereocenters. The monoisotopic (exact) mass is 397 g/mol. The molecule has 130 valence electrons. The highest BCUT2D eigenvalue weighted by Gasteiger charge is 2.19. The Hall–Kier alpha value is -2.41. The van der Waals surface area contributed by atoms with Crippen LogP contribution in [0, 0.1) is 6.92 Å². The lowest BCUT2D eigenvalue weighted by Gasteiger charge is -2.07. The summed E-state index contributed by atoms with van der Waals surface area (Å²) >= 11 is 4.44. The van der Waals surface area contributed by atoms with Crippen molar-refractivity contribution in [2.75, 3.05) is 0 Å². The van der Waals surface area contributed by atoms with Gasteiger partial charge in [-0.3, -0.25) is 4.79 Å². The minimum Gasteiger partial charge on any atom is -0.505 e. The minimum absolute atomic E-state index is 0.0754. The molecule has 1 amide bonds. The number of nitrogens with one attached hydrogen (secondary N) is 1. The van der Waals surface area contributed by atoms with Crippen molar-refractivity contribution in [2.45, 2.75) is 6.92 Å². The SMILES string of the molecule is Cc1cc2sc(C(=O)NC=C(c3ccccc3)c3cccs3)c(O)c2s1. The molecule has 0 saturated heterocycles. The maximum Gasteiger partial charge on any atom is 0.269 e. The molecule has 1 aromatic carbocycles. The van der Waals surface area contributed by atoms with Crippen molar-refractivity contribution in [3.8, 4) is 5.75 Å². The normalized spacial score (nSPS) is 11.8. The summed E-state index contributed by atoms with van der Waals surface area (Å²) < 4.78 is 1.73. The summed E-state index contributed by atoms with van der Waals surface area (Å²) in [5.74, 6) is -0.218. The number of amides is 1. The number of rotatable bonds is 4. The van der Waals surface area contributed by atoms with Crippen LogP contribution in [0.2, 0.25) is 0 Å². The van der Waals surface area contributed by atoms with Crippen molar-refractivity contribution in [2.24, 2.45) is 0 Å². The fraction of sp³-hybridized carbons (Fsp3) is 0.0500. The van der Waals surface area contributed by atoms with E-state index in [1.54, 1.807) is 17.5 Å². The fourth-order valence-electron chi connectivity index (χ4n) is 2.70. The van der Waals surface area contributed by atoms with Gasteiger partial charge in [-0.05, 0) is 30.0 Å². The third-order valence-corrected chi connectivity index (χ3v) is 7.10. The molecular weight excluding hydrogens is 382 g/mol. The van der Waals surface area contributed by atoms with Crippen LogP contribution in [0.15, 0.2) is 60.1 Å². The van der Waals surface area contributed by atoms with E-state index in [9.17, 15) is 9.90 Å². The predicted octanol–water partition coefficient (Wildman–Crippen LogP) is 5.86. The van der Waals surface area contributed by atoms with Gasteiger partial charge in [-0.1, -0.05) is 36.4 Å². The molecule has 3 nitrogen and oxygen atoms in total. The van der Waals surface area contributed by atoms with E-state index in [2.05, 4.69) is 5.32 Å². The summed E-state index contributed by atoms with van der Waals surface area (Å²) in [4.78, 5) is 15.2. The molecular formula is C20H15NO2S3. The van der Waals surface area contributed by atoms with Gasteiger partial charge in [0, 0.05) is 21.5 Å². The number of aryl methyl sites for hydroxylation is 1. The average molecular weight is 398 g/mol. The number of carbonyl (C=O) groups excluding carboxylic acids is 1. The first-order valence-electron chi connectivity index (χ1n) is 7.95. The van der Waals surface area contributed by atoms with Gasteiger partial charge in [-0.2, -0.15) is 0 Å². The lowest BCUT2D eigenvalue weighted by molar-refractivity contribution is 0.0972. The van der Waals surface area contributed by atoms with Gasteiger partial charge in [0.2, 0.25) is 0 Å². The van der Waals surface area contributed by atoms with Gasteiger partial charge in [0.15, 0.2) is 5.75 Å². The van der Waals surface area contributed by atoms with Gasteiger partial charge in [0.1, 0.15) is 4.88 Å². The van der Waals surface area contributed by atoms with E-state index in [-0.39, 0.29) is 11.7 Å². The number of carbonyl (C=O) groups is 1. The van der Waals surface area contributed by atoms with Crippen LogP contribution >= 0.6 is 34.0 Å². The number of aromatic hydroxyl groups is 1. The van der Waals surface area contributed by atoms with Crippen LogP contribution in [0.4, 0.5) is 0 Å². The van der Waals surface area contributed by atoms with Gasteiger partial charge < -0.3 is 10.4 Å². The van der Waals surface area contributed by atoms with Gasteiger partial charge in [0.05, 0.1) is 9.40 Å². The molecule has 0 aliphatic heterocycles. The van der Waals surface area contributed by atoms with Crippen LogP contribution in [0.3, 0.4) is 0 Å². The van der Waals surface area contributed by atoms with Crippen LogP contribution < -0.4 is 5.32 Å². The van der Waals surface area contributed by atoms with Gasteiger partial charge in [0.25, 0.3) is 5.91 Å². The minimum atomic E-state index is -0.293. The Labute approximate surface area is 162 Å². The Morgan fingerprint density at radius 2 is 1.92 bits per heavy atom. The molecule has 0 bridgehead atoms. The highest BCUT2D eigenvalue weighted by molar-refractivity contribution is 7.29. The maximum absolute atomic E-state index is 12.6. The summed E-state index contributed by atoms with van der Waals surface area (Å²) in [5.41, 5.74) is 1.98. The topological polar surface area (TPSA) is 49.3 Å². The van der Waals surface area contributed by atoms with Crippen molar-refractivity contribution in [1.82, 2.24) is 5.32 Å². The lowest BCUT2D eigenvalue weighted by Crippen LogP contribution is -2.16. The van der Waals surface area contributed by atoms with Crippen molar-refractivity contribution in [3.05, 3.63) is 80.3 Å². The summed E-state index contributed by atoms with van der Waals surface area (Å²) in [7, 11) is 0. The maximum atomic E-state index is 12.6. The summed E-state index contributed by atoms with van der Waals surface area (Å²) in [6, 6.07) is 15.9. The lowest BCUT2D eigenvalue weighted by atomic mass is 10.1. The Bertz CT molecular complexity index is 1090. The molecule has 0 radical (unpaired) electrons. The van der Waals surface area contributed by atoms with Crippen LogP contribution in [0.25, 0.3) is 15.0 Å². The molecule has 4 rings (SSSR count). The number of fused-ring (bicyclic) bond motifs is 1. The van der Waals surface area contributed by atoms with Crippen molar-refractivity contribution in [3.63, 3.8) is 0 Å². The van der Waals surface area contributed by atoms with Crippen LogP contribution in [0.5, 0.6) is 5.75 Å². The van der Waals surface area contributed by atoms with E-state index >= 15 is 0 Å². The molecule has 0 saturated carbocycles. The second-order valence-electron chi connectivity index (χ2n) is 5.71. The first-order valence-corrected chi connectivity index (χ1v) is 10.5. The van der Waals surface area contributed by atoms with Crippen molar-refractivity contribution in [1.29, 1.82) is 0 Å². The zero-order valence-corrected chi connectivity index (χ0v) is 16.3. The third-order valence-electron chi connectivity index (χ3n) is 3.89. The van der Waals surface area contributed by atoms with E-state index in [1.807, 2.05) is 60.8 Å². The molecule has 0 spiro atoms. The van der Waals surface area contributed by atoms with Gasteiger partial charge >= 0.3 is 0 Å². The molecule has 0 fully saturated rings. The largest absolute Gasteiger partial charge is 0.505 e. The van der Waals surface area contributed by atoms with E-state index < -0.39 is 0 Å².